The molecule has 3 nitrogen and oxygen atoms in total. The van der Waals surface area contributed by atoms with Crippen LogP contribution >= 0.6 is 11.6 Å². The van der Waals surface area contributed by atoms with Crippen LogP contribution in [0.1, 0.15) is 32.3 Å². The quantitative estimate of drug-likeness (QED) is 0.751. The second-order valence-electron chi connectivity index (χ2n) is 5.91. The van der Waals surface area contributed by atoms with Gasteiger partial charge in [0.1, 0.15) is 12.4 Å². The summed E-state index contributed by atoms with van der Waals surface area (Å²) in [7, 11) is 0. The van der Waals surface area contributed by atoms with Crippen molar-refractivity contribution >= 4 is 11.6 Å². The predicted octanol–water partition coefficient (Wildman–Crippen LogP) is 1.83. The van der Waals surface area contributed by atoms with Gasteiger partial charge in [-0.05, 0) is 55.2 Å². The summed E-state index contributed by atoms with van der Waals surface area (Å²) in [5, 5.41) is 3.99. The first kappa shape index (κ1) is 19.8. The molecule has 0 heterocycles. The molecular formula is C19H22Cl2FNO2. The van der Waals surface area contributed by atoms with Crippen molar-refractivity contribution in [2.75, 3.05) is 6.61 Å². The summed E-state index contributed by atoms with van der Waals surface area (Å²) in [5.74, 6) is 0.900. The van der Waals surface area contributed by atoms with Gasteiger partial charge in [-0.25, -0.2) is 4.39 Å². The van der Waals surface area contributed by atoms with Crippen molar-refractivity contribution in [3.8, 4) is 11.5 Å². The molecule has 6 heteroatoms. The Morgan fingerprint density at radius 2 is 1.88 bits per heavy atom. The standard InChI is InChI=1S/C19H21ClFNO2.ClH/c1-2-23-18-10-14(11-22-16-7-8-16)9-17(20)19(18)24-12-13-3-5-15(21)6-4-13;/h3-6,9-10,16,22H,2,7-8,11-12H2,1H3;1H. The molecule has 0 unspecified atom stereocenters. The van der Waals surface area contributed by atoms with E-state index in [9.17, 15) is 4.39 Å². The number of ether oxygens (including phenoxy) is 2. The molecule has 0 bridgehead atoms. The van der Waals surface area contributed by atoms with Gasteiger partial charge in [0.05, 0.1) is 11.6 Å². The van der Waals surface area contributed by atoms with Gasteiger partial charge in [-0.2, -0.15) is 0 Å². The largest absolute Gasteiger partial charge is 1.00 e. The SMILES string of the molecule is CCOc1cc(CNC2CC2)cc(Cl)c1OCc1ccc(F)cc1.[Cl-].[H+]. The zero-order valence-corrected chi connectivity index (χ0v) is 15.5. The van der Waals surface area contributed by atoms with E-state index in [2.05, 4.69) is 5.32 Å². The first-order valence-electron chi connectivity index (χ1n) is 8.21. The van der Waals surface area contributed by atoms with E-state index in [0.29, 0.717) is 35.8 Å². The van der Waals surface area contributed by atoms with Crippen LogP contribution in [0.3, 0.4) is 0 Å². The Labute approximate surface area is 160 Å². The van der Waals surface area contributed by atoms with Gasteiger partial charge >= 0.3 is 1.43 Å². The molecule has 1 fully saturated rings. The molecule has 0 radical (unpaired) electrons. The lowest BCUT2D eigenvalue weighted by Gasteiger charge is -2.15. The van der Waals surface area contributed by atoms with E-state index in [1.54, 1.807) is 12.1 Å². The van der Waals surface area contributed by atoms with Gasteiger partial charge in [0.2, 0.25) is 0 Å². The van der Waals surface area contributed by atoms with Crippen molar-refractivity contribution in [3.05, 3.63) is 58.4 Å². The molecule has 0 atom stereocenters. The van der Waals surface area contributed by atoms with Crippen LogP contribution in [-0.2, 0) is 13.2 Å². The Morgan fingerprint density at radius 3 is 2.52 bits per heavy atom. The second-order valence-corrected chi connectivity index (χ2v) is 6.32. The highest BCUT2D eigenvalue weighted by molar-refractivity contribution is 6.32. The average molecular weight is 386 g/mol. The molecule has 0 amide bonds. The van der Waals surface area contributed by atoms with E-state index in [4.69, 9.17) is 21.1 Å². The van der Waals surface area contributed by atoms with Crippen LogP contribution in [0.25, 0.3) is 0 Å². The summed E-state index contributed by atoms with van der Waals surface area (Å²) in [6.07, 6.45) is 2.48. The van der Waals surface area contributed by atoms with Crippen LogP contribution in [0.2, 0.25) is 5.02 Å². The lowest BCUT2D eigenvalue weighted by atomic mass is 10.2. The van der Waals surface area contributed by atoms with Crippen LogP contribution in [0.5, 0.6) is 11.5 Å². The molecule has 1 aliphatic carbocycles. The Bertz CT molecular complexity index is 697. The molecule has 1 aliphatic rings. The molecule has 0 aromatic heterocycles. The maximum Gasteiger partial charge on any atom is 1.00 e. The zero-order valence-electron chi connectivity index (χ0n) is 15.0. The van der Waals surface area contributed by atoms with Crippen molar-refractivity contribution in [2.24, 2.45) is 0 Å². The summed E-state index contributed by atoms with van der Waals surface area (Å²) in [5.41, 5.74) is 1.94. The third-order valence-corrected chi connectivity index (χ3v) is 4.12. The molecule has 1 N–H and O–H groups in total. The molecule has 136 valence electrons. The van der Waals surface area contributed by atoms with Crippen LogP contribution < -0.4 is 27.2 Å². The number of hydrogen-bond donors (Lipinski definition) is 1. The van der Waals surface area contributed by atoms with Gasteiger partial charge in [-0.1, -0.05) is 23.7 Å². The van der Waals surface area contributed by atoms with Gasteiger partial charge < -0.3 is 27.2 Å². The molecule has 3 rings (SSSR count). The first-order valence-corrected chi connectivity index (χ1v) is 8.59. The fourth-order valence-corrected chi connectivity index (χ4v) is 2.70. The second kappa shape index (κ2) is 9.27. The number of halogens is 3. The van der Waals surface area contributed by atoms with Crippen molar-refractivity contribution in [1.29, 1.82) is 0 Å². The molecule has 2 aromatic rings. The summed E-state index contributed by atoms with van der Waals surface area (Å²) in [6, 6.07) is 10.7. The van der Waals surface area contributed by atoms with E-state index >= 15 is 0 Å². The van der Waals surface area contributed by atoms with E-state index in [1.807, 2.05) is 19.1 Å². The lowest BCUT2D eigenvalue weighted by molar-refractivity contribution is -0.00000623. The van der Waals surface area contributed by atoms with Gasteiger partial charge in [0.25, 0.3) is 0 Å². The fraction of sp³-hybridized carbons (Fsp3) is 0.368. The van der Waals surface area contributed by atoms with Crippen molar-refractivity contribution in [1.82, 2.24) is 5.32 Å². The highest BCUT2D eigenvalue weighted by Crippen LogP contribution is 2.37. The normalized spacial score (nSPS) is 13.2. The number of hydrogen-bond acceptors (Lipinski definition) is 3. The van der Waals surface area contributed by atoms with Gasteiger partial charge in [0.15, 0.2) is 11.5 Å². The molecule has 0 saturated heterocycles. The van der Waals surface area contributed by atoms with Gasteiger partial charge in [-0.3, -0.25) is 0 Å². The fourth-order valence-electron chi connectivity index (χ4n) is 2.41. The summed E-state index contributed by atoms with van der Waals surface area (Å²) in [4.78, 5) is 0. The average Bonchev–Trinajstić information content (AvgIpc) is 3.38. The molecule has 2 aromatic carbocycles. The van der Waals surface area contributed by atoms with Gasteiger partial charge in [0, 0.05) is 12.6 Å². The van der Waals surface area contributed by atoms with Gasteiger partial charge in [-0.15, -0.1) is 0 Å². The Kier molecular flexibility index (Phi) is 7.36. The number of nitrogens with one attached hydrogen (secondary N) is 1. The van der Waals surface area contributed by atoms with Crippen LogP contribution in [0.4, 0.5) is 4.39 Å². The van der Waals surface area contributed by atoms with Crippen LogP contribution in [-0.4, -0.2) is 12.6 Å². The van der Waals surface area contributed by atoms with Crippen molar-refractivity contribution in [3.63, 3.8) is 0 Å². The Morgan fingerprint density at radius 1 is 1.16 bits per heavy atom. The molecule has 1 saturated carbocycles. The van der Waals surface area contributed by atoms with E-state index in [0.717, 1.165) is 17.7 Å². The van der Waals surface area contributed by atoms with E-state index in [-0.39, 0.29) is 19.7 Å². The minimum Gasteiger partial charge on any atom is -1.00 e. The number of benzene rings is 2. The van der Waals surface area contributed by atoms with E-state index in [1.165, 1.54) is 25.0 Å². The zero-order chi connectivity index (χ0) is 16.9. The van der Waals surface area contributed by atoms with Crippen LogP contribution in [0, 0.1) is 5.82 Å². The van der Waals surface area contributed by atoms with Crippen LogP contribution in [0.15, 0.2) is 36.4 Å². The summed E-state index contributed by atoms with van der Waals surface area (Å²) >= 11 is 6.40. The van der Waals surface area contributed by atoms with Crippen molar-refractivity contribution in [2.45, 2.75) is 39.0 Å². The Balaban J connectivity index is 0.00000169. The topological polar surface area (TPSA) is 30.5 Å². The maximum absolute atomic E-state index is 13.0. The smallest absolute Gasteiger partial charge is 1.00 e. The molecule has 25 heavy (non-hydrogen) atoms. The molecule has 0 aliphatic heterocycles. The molecular weight excluding hydrogens is 364 g/mol. The third-order valence-electron chi connectivity index (χ3n) is 3.84. The predicted molar refractivity (Wildman–Crippen MR) is 94.3 cm³/mol. The highest BCUT2D eigenvalue weighted by atomic mass is 35.5. The highest BCUT2D eigenvalue weighted by Gasteiger charge is 2.20. The minimum atomic E-state index is -0.265. The van der Waals surface area contributed by atoms with Crippen molar-refractivity contribution < 1.29 is 27.7 Å². The Hall–Kier alpha value is -1.49. The monoisotopic (exact) mass is 385 g/mol. The molecule has 0 spiro atoms. The summed E-state index contributed by atoms with van der Waals surface area (Å²) in [6.45, 7) is 3.53. The first-order chi connectivity index (χ1) is 11.7. The van der Waals surface area contributed by atoms with E-state index < -0.39 is 0 Å². The number of rotatable bonds is 8. The summed E-state index contributed by atoms with van der Waals surface area (Å²) < 4.78 is 24.5. The maximum atomic E-state index is 13.0. The third kappa shape index (κ3) is 5.77. The minimum absolute atomic E-state index is 0. The lowest BCUT2D eigenvalue weighted by Crippen LogP contribution is -3.00.